The van der Waals surface area contributed by atoms with E-state index in [1.165, 1.54) is 6.20 Å². The van der Waals surface area contributed by atoms with Crippen LogP contribution in [-0.4, -0.2) is 20.5 Å². The fourth-order valence-electron chi connectivity index (χ4n) is 2.27. The van der Waals surface area contributed by atoms with E-state index in [-0.39, 0.29) is 11.5 Å². The van der Waals surface area contributed by atoms with Crippen LogP contribution in [0.3, 0.4) is 0 Å². The highest BCUT2D eigenvalue weighted by molar-refractivity contribution is 6.34. The minimum atomic E-state index is -0.281. The van der Waals surface area contributed by atoms with Crippen molar-refractivity contribution in [2.75, 3.05) is 5.73 Å². The quantitative estimate of drug-likeness (QED) is 0.755. The van der Waals surface area contributed by atoms with Crippen molar-refractivity contribution in [2.24, 2.45) is 0 Å². The van der Waals surface area contributed by atoms with Gasteiger partial charge in [-0.3, -0.25) is 9.48 Å². The fourth-order valence-corrected chi connectivity index (χ4v) is 2.49. The van der Waals surface area contributed by atoms with Crippen LogP contribution in [0.4, 0.5) is 5.69 Å². The molecule has 2 aromatic heterocycles. The summed E-state index contributed by atoms with van der Waals surface area (Å²) in [5.74, 6) is -0.281. The Morgan fingerprint density at radius 2 is 2.14 bits per heavy atom. The second-order valence-corrected chi connectivity index (χ2v) is 5.01. The van der Waals surface area contributed by atoms with Gasteiger partial charge in [-0.15, -0.1) is 0 Å². The average Bonchev–Trinajstić information content (AvgIpc) is 2.87. The SMILES string of the molecule is CCn1ncc(Cl)c1C(=O)c1cc(N)c2ccccc2n1. The minimum Gasteiger partial charge on any atom is -0.398 e. The van der Waals surface area contributed by atoms with Gasteiger partial charge in [0.05, 0.1) is 16.7 Å². The molecule has 3 rings (SSSR count). The van der Waals surface area contributed by atoms with E-state index in [2.05, 4.69) is 10.1 Å². The molecule has 0 saturated heterocycles. The third kappa shape index (κ3) is 2.25. The van der Waals surface area contributed by atoms with Crippen LogP contribution in [0, 0.1) is 0 Å². The van der Waals surface area contributed by atoms with Crippen LogP contribution < -0.4 is 5.73 Å². The lowest BCUT2D eigenvalue weighted by Gasteiger charge is -2.07. The summed E-state index contributed by atoms with van der Waals surface area (Å²) in [6.07, 6.45) is 1.46. The number of carbonyl (C=O) groups is 1. The molecule has 0 aliphatic carbocycles. The average molecular weight is 301 g/mol. The van der Waals surface area contributed by atoms with Crippen molar-refractivity contribution >= 4 is 34.0 Å². The van der Waals surface area contributed by atoms with Gasteiger partial charge in [0.1, 0.15) is 11.4 Å². The molecule has 0 saturated carbocycles. The van der Waals surface area contributed by atoms with Crippen LogP contribution >= 0.6 is 11.6 Å². The molecule has 0 fully saturated rings. The number of carbonyl (C=O) groups excluding carboxylic acids is 1. The first-order valence-electron chi connectivity index (χ1n) is 6.53. The van der Waals surface area contributed by atoms with E-state index < -0.39 is 0 Å². The molecule has 0 amide bonds. The van der Waals surface area contributed by atoms with Crippen LogP contribution in [0.2, 0.25) is 5.02 Å². The second-order valence-electron chi connectivity index (χ2n) is 4.60. The zero-order valence-electron chi connectivity index (χ0n) is 11.4. The van der Waals surface area contributed by atoms with Gasteiger partial charge in [-0.05, 0) is 19.1 Å². The van der Waals surface area contributed by atoms with E-state index in [1.807, 2.05) is 31.2 Å². The molecule has 2 N–H and O–H groups in total. The number of nitrogen functional groups attached to an aromatic ring is 1. The number of benzene rings is 1. The third-order valence-corrected chi connectivity index (χ3v) is 3.57. The number of aromatic nitrogens is 3. The number of anilines is 1. The van der Waals surface area contributed by atoms with Crippen molar-refractivity contribution in [3.05, 3.63) is 52.9 Å². The lowest BCUT2D eigenvalue weighted by Crippen LogP contribution is -2.13. The lowest BCUT2D eigenvalue weighted by molar-refractivity contribution is 0.102. The number of ketones is 1. The zero-order valence-corrected chi connectivity index (χ0v) is 12.1. The minimum absolute atomic E-state index is 0.267. The van der Waals surface area contributed by atoms with E-state index >= 15 is 0 Å². The van der Waals surface area contributed by atoms with E-state index in [0.29, 0.717) is 28.5 Å². The summed E-state index contributed by atoms with van der Waals surface area (Å²) < 4.78 is 1.55. The van der Waals surface area contributed by atoms with Crippen LogP contribution in [0.15, 0.2) is 36.5 Å². The fraction of sp³-hybridized carbons (Fsp3) is 0.133. The highest BCUT2D eigenvalue weighted by Crippen LogP contribution is 2.24. The number of fused-ring (bicyclic) bond motifs is 1. The predicted octanol–water partition coefficient (Wildman–Crippen LogP) is 2.92. The summed E-state index contributed by atoms with van der Waals surface area (Å²) in [5.41, 5.74) is 7.81. The van der Waals surface area contributed by atoms with Crippen molar-refractivity contribution < 1.29 is 4.79 Å². The Labute approximate surface area is 126 Å². The number of nitrogens with two attached hydrogens (primary N) is 1. The molecule has 5 nitrogen and oxygen atoms in total. The number of pyridine rings is 1. The third-order valence-electron chi connectivity index (χ3n) is 3.29. The van der Waals surface area contributed by atoms with E-state index in [1.54, 1.807) is 10.7 Å². The van der Waals surface area contributed by atoms with Gasteiger partial charge in [-0.1, -0.05) is 29.8 Å². The van der Waals surface area contributed by atoms with Crippen LogP contribution in [-0.2, 0) is 6.54 Å². The first-order chi connectivity index (χ1) is 10.1. The normalized spacial score (nSPS) is 11.0. The van der Waals surface area contributed by atoms with Gasteiger partial charge in [-0.25, -0.2) is 4.98 Å². The van der Waals surface area contributed by atoms with E-state index in [9.17, 15) is 4.79 Å². The second kappa shape index (κ2) is 5.18. The Hall–Kier alpha value is -2.40. The maximum absolute atomic E-state index is 12.6. The largest absolute Gasteiger partial charge is 0.398 e. The molecule has 0 atom stereocenters. The molecule has 0 bridgehead atoms. The van der Waals surface area contributed by atoms with Crippen molar-refractivity contribution in [3.63, 3.8) is 0 Å². The molecule has 21 heavy (non-hydrogen) atoms. The summed E-state index contributed by atoms with van der Waals surface area (Å²) in [5, 5.41) is 5.21. The molecular weight excluding hydrogens is 288 g/mol. The molecule has 1 aromatic carbocycles. The number of aryl methyl sites for hydroxylation is 1. The van der Waals surface area contributed by atoms with E-state index in [4.69, 9.17) is 17.3 Å². The summed E-state index contributed by atoms with van der Waals surface area (Å²) >= 11 is 6.06. The van der Waals surface area contributed by atoms with Gasteiger partial charge >= 0.3 is 0 Å². The predicted molar refractivity (Wildman–Crippen MR) is 82.5 cm³/mol. The van der Waals surface area contributed by atoms with Gasteiger partial charge < -0.3 is 5.73 Å². The number of hydrogen-bond donors (Lipinski definition) is 1. The Bertz CT molecular complexity index is 841. The van der Waals surface area contributed by atoms with Gasteiger partial charge in [0.2, 0.25) is 5.78 Å². The zero-order chi connectivity index (χ0) is 15.0. The van der Waals surface area contributed by atoms with Gasteiger partial charge in [0, 0.05) is 17.6 Å². The Morgan fingerprint density at radius 3 is 2.90 bits per heavy atom. The van der Waals surface area contributed by atoms with Gasteiger partial charge in [-0.2, -0.15) is 5.10 Å². The van der Waals surface area contributed by atoms with Crippen molar-refractivity contribution in [3.8, 4) is 0 Å². The van der Waals surface area contributed by atoms with Crippen molar-refractivity contribution in [2.45, 2.75) is 13.5 Å². The van der Waals surface area contributed by atoms with Crippen molar-refractivity contribution in [1.82, 2.24) is 14.8 Å². The maximum Gasteiger partial charge on any atom is 0.230 e. The number of halogens is 1. The van der Waals surface area contributed by atoms with Crippen molar-refractivity contribution in [1.29, 1.82) is 0 Å². The number of nitrogens with zero attached hydrogens (tertiary/aromatic N) is 3. The smallest absolute Gasteiger partial charge is 0.230 e. The maximum atomic E-state index is 12.6. The summed E-state index contributed by atoms with van der Waals surface area (Å²) in [6, 6.07) is 9.00. The summed E-state index contributed by atoms with van der Waals surface area (Å²) in [4.78, 5) is 17.0. The molecule has 106 valence electrons. The number of hydrogen-bond acceptors (Lipinski definition) is 4. The summed E-state index contributed by atoms with van der Waals surface area (Å²) in [6.45, 7) is 2.44. The molecule has 2 heterocycles. The number of rotatable bonds is 3. The van der Waals surface area contributed by atoms with Crippen LogP contribution in [0.5, 0.6) is 0 Å². The molecular formula is C15H13ClN4O. The molecule has 0 spiro atoms. The molecule has 0 aliphatic heterocycles. The number of para-hydroxylation sites is 1. The molecule has 3 aromatic rings. The highest BCUT2D eigenvalue weighted by atomic mass is 35.5. The topological polar surface area (TPSA) is 73.8 Å². The molecule has 6 heteroatoms. The van der Waals surface area contributed by atoms with Crippen LogP contribution in [0.1, 0.15) is 23.1 Å². The summed E-state index contributed by atoms with van der Waals surface area (Å²) in [7, 11) is 0. The first-order valence-corrected chi connectivity index (χ1v) is 6.91. The molecule has 0 radical (unpaired) electrons. The Kier molecular flexibility index (Phi) is 3.35. The van der Waals surface area contributed by atoms with Crippen LogP contribution in [0.25, 0.3) is 10.9 Å². The lowest BCUT2D eigenvalue weighted by atomic mass is 10.1. The van der Waals surface area contributed by atoms with Gasteiger partial charge in [0.15, 0.2) is 0 Å². The van der Waals surface area contributed by atoms with Gasteiger partial charge in [0.25, 0.3) is 0 Å². The standard InChI is InChI=1S/C15H13ClN4O/c1-2-20-14(10(16)8-18-20)15(21)13-7-11(17)9-5-3-4-6-12(9)19-13/h3-8H,2H2,1H3,(H2,17,19). The molecule has 0 aliphatic rings. The van der Waals surface area contributed by atoms with E-state index in [0.717, 1.165) is 5.39 Å². The first kappa shape index (κ1) is 13.6. The Balaban J connectivity index is 2.16. The highest BCUT2D eigenvalue weighted by Gasteiger charge is 2.20. The monoisotopic (exact) mass is 300 g/mol. The Morgan fingerprint density at radius 1 is 1.38 bits per heavy atom. The molecule has 0 unspecified atom stereocenters.